The summed E-state index contributed by atoms with van der Waals surface area (Å²) in [5.41, 5.74) is 3.23. The Morgan fingerprint density at radius 2 is 1.84 bits per heavy atom. The third-order valence-corrected chi connectivity index (χ3v) is 7.00. The number of thiazole rings is 1. The van der Waals surface area contributed by atoms with Crippen molar-refractivity contribution in [1.82, 2.24) is 4.98 Å². The lowest BCUT2D eigenvalue weighted by Crippen LogP contribution is -2.08. The van der Waals surface area contributed by atoms with Crippen LogP contribution in [0.5, 0.6) is 11.5 Å². The Labute approximate surface area is 218 Å². The van der Waals surface area contributed by atoms with Gasteiger partial charge in [-0.2, -0.15) is 0 Å². The summed E-state index contributed by atoms with van der Waals surface area (Å²) in [6.07, 6.45) is 2.76. The van der Waals surface area contributed by atoms with Crippen molar-refractivity contribution in [3.8, 4) is 11.5 Å². The number of carboxylic acid groups (broad SMARTS) is 1. The molecule has 2 N–H and O–H groups in total. The van der Waals surface area contributed by atoms with E-state index in [0.29, 0.717) is 19.6 Å². The van der Waals surface area contributed by atoms with E-state index in [1.807, 2.05) is 54.6 Å². The van der Waals surface area contributed by atoms with Crippen molar-refractivity contribution in [3.63, 3.8) is 0 Å². The smallest absolute Gasteiger partial charge is 0.335 e. The third kappa shape index (κ3) is 5.90. The topological polar surface area (TPSA) is 80.7 Å². The van der Waals surface area contributed by atoms with Crippen molar-refractivity contribution in [2.24, 2.45) is 0 Å². The van der Waals surface area contributed by atoms with Gasteiger partial charge in [0.05, 0.1) is 29.5 Å². The first-order chi connectivity index (χ1) is 18.1. The molecule has 5 rings (SSSR count). The molecule has 0 saturated heterocycles. The van der Waals surface area contributed by atoms with Gasteiger partial charge in [0.2, 0.25) is 0 Å². The molecule has 0 aliphatic heterocycles. The predicted molar refractivity (Wildman–Crippen MR) is 150 cm³/mol. The van der Waals surface area contributed by atoms with Crippen molar-refractivity contribution in [2.45, 2.75) is 6.42 Å². The van der Waals surface area contributed by atoms with Crippen LogP contribution >= 0.6 is 11.3 Å². The number of benzene rings is 4. The molecule has 0 radical (unpaired) electrons. The minimum absolute atomic E-state index is 0.265. The number of carbonyl (C=O) groups is 1. The van der Waals surface area contributed by atoms with Gasteiger partial charge in [-0.05, 0) is 52.9 Å². The standard InChI is InChI=1S/C30H26N2O4S/c1-35-24-13-14-26-28(18-24)37-30(32-26)31-19-21(17-20-9-11-23(12-10-20)29(33)34)15-16-36-27-8-4-6-22-5-2-3-7-25(22)27/h2-14,17-18H,15-16,19H2,1H3,(H,31,32)(H,33,34). The number of aromatic nitrogens is 1. The zero-order valence-electron chi connectivity index (χ0n) is 20.3. The zero-order valence-corrected chi connectivity index (χ0v) is 21.1. The van der Waals surface area contributed by atoms with Crippen LogP contribution in [0.1, 0.15) is 22.3 Å². The van der Waals surface area contributed by atoms with Gasteiger partial charge in [-0.1, -0.05) is 65.9 Å². The third-order valence-electron chi connectivity index (χ3n) is 6.02. The molecule has 4 aromatic carbocycles. The maximum atomic E-state index is 11.2. The van der Waals surface area contributed by atoms with Crippen molar-refractivity contribution in [2.75, 3.05) is 25.6 Å². The quantitative estimate of drug-likeness (QED) is 0.208. The maximum Gasteiger partial charge on any atom is 0.335 e. The molecule has 0 atom stereocenters. The molecule has 0 aliphatic carbocycles. The fourth-order valence-corrected chi connectivity index (χ4v) is 4.97. The van der Waals surface area contributed by atoms with Gasteiger partial charge in [-0.15, -0.1) is 0 Å². The number of nitrogens with one attached hydrogen (secondary N) is 1. The van der Waals surface area contributed by atoms with E-state index < -0.39 is 5.97 Å². The van der Waals surface area contributed by atoms with Crippen LogP contribution in [0.4, 0.5) is 5.13 Å². The van der Waals surface area contributed by atoms with Crippen LogP contribution in [0.2, 0.25) is 0 Å². The molecule has 37 heavy (non-hydrogen) atoms. The molecule has 0 fully saturated rings. The fraction of sp³-hybridized carbons (Fsp3) is 0.133. The van der Waals surface area contributed by atoms with Gasteiger partial charge in [0.25, 0.3) is 0 Å². The Balaban J connectivity index is 1.33. The average molecular weight is 511 g/mol. The van der Waals surface area contributed by atoms with Crippen LogP contribution in [-0.2, 0) is 0 Å². The largest absolute Gasteiger partial charge is 0.497 e. The minimum Gasteiger partial charge on any atom is -0.497 e. The monoisotopic (exact) mass is 510 g/mol. The van der Waals surface area contributed by atoms with Gasteiger partial charge >= 0.3 is 5.97 Å². The van der Waals surface area contributed by atoms with E-state index in [4.69, 9.17) is 9.47 Å². The molecule has 1 heterocycles. The Morgan fingerprint density at radius 3 is 2.65 bits per heavy atom. The Bertz CT molecular complexity index is 1570. The molecule has 1 aromatic heterocycles. The summed E-state index contributed by atoms with van der Waals surface area (Å²) in [5.74, 6) is 0.725. The molecule has 5 aromatic rings. The van der Waals surface area contributed by atoms with Crippen LogP contribution in [0.25, 0.3) is 27.1 Å². The van der Waals surface area contributed by atoms with Crippen molar-refractivity contribution in [3.05, 3.63) is 102 Å². The van der Waals surface area contributed by atoms with Crippen molar-refractivity contribution in [1.29, 1.82) is 0 Å². The summed E-state index contributed by atoms with van der Waals surface area (Å²) in [4.78, 5) is 15.9. The number of hydrogen-bond donors (Lipinski definition) is 2. The summed E-state index contributed by atoms with van der Waals surface area (Å²) in [6, 6.07) is 27.0. The number of ether oxygens (including phenoxy) is 2. The van der Waals surface area contributed by atoms with Gasteiger partial charge in [0, 0.05) is 18.4 Å². The maximum absolute atomic E-state index is 11.2. The Kier molecular flexibility index (Phi) is 7.33. The van der Waals surface area contributed by atoms with Gasteiger partial charge in [-0.3, -0.25) is 0 Å². The highest BCUT2D eigenvalue weighted by Crippen LogP contribution is 2.30. The van der Waals surface area contributed by atoms with Crippen LogP contribution in [0, 0.1) is 0 Å². The number of hydrogen-bond acceptors (Lipinski definition) is 6. The molecule has 0 aliphatic rings. The van der Waals surface area contributed by atoms with Crippen LogP contribution in [-0.4, -0.2) is 36.3 Å². The van der Waals surface area contributed by atoms with E-state index in [0.717, 1.165) is 48.8 Å². The van der Waals surface area contributed by atoms with E-state index in [1.54, 1.807) is 30.6 Å². The molecule has 0 bridgehead atoms. The van der Waals surface area contributed by atoms with Gasteiger partial charge in [-0.25, -0.2) is 9.78 Å². The number of carboxylic acids is 1. The second-order valence-electron chi connectivity index (χ2n) is 8.51. The highest BCUT2D eigenvalue weighted by Gasteiger charge is 2.08. The molecule has 0 amide bonds. The normalized spacial score (nSPS) is 11.5. The highest BCUT2D eigenvalue weighted by molar-refractivity contribution is 7.22. The second kappa shape index (κ2) is 11.1. The molecule has 6 nitrogen and oxygen atoms in total. The van der Waals surface area contributed by atoms with E-state index in [1.165, 1.54) is 0 Å². The molecule has 0 unspecified atom stereocenters. The van der Waals surface area contributed by atoms with Crippen LogP contribution < -0.4 is 14.8 Å². The van der Waals surface area contributed by atoms with Gasteiger partial charge in [0.15, 0.2) is 5.13 Å². The van der Waals surface area contributed by atoms with E-state index >= 15 is 0 Å². The van der Waals surface area contributed by atoms with E-state index in [9.17, 15) is 9.90 Å². The van der Waals surface area contributed by atoms with Gasteiger partial charge < -0.3 is 19.9 Å². The lowest BCUT2D eigenvalue weighted by atomic mass is 10.1. The number of fused-ring (bicyclic) bond motifs is 2. The predicted octanol–water partition coefficient (Wildman–Crippen LogP) is 7.12. The summed E-state index contributed by atoms with van der Waals surface area (Å²) < 4.78 is 12.6. The average Bonchev–Trinajstić information content (AvgIpc) is 3.34. The lowest BCUT2D eigenvalue weighted by Gasteiger charge is -2.12. The first kappa shape index (κ1) is 24.3. The van der Waals surface area contributed by atoms with Crippen molar-refractivity contribution >= 4 is 49.5 Å². The van der Waals surface area contributed by atoms with Crippen molar-refractivity contribution < 1.29 is 19.4 Å². The summed E-state index contributed by atoms with van der Waals surface area (Å²) >= 11 is 1.58. The number of aromatic carboxylic acids is 1. The highest BCUT2D eigenvalue weighted by atomic mass is 32.1. The molecular formula is C30H26N2O4S. The Hall–Kier alpha value is -4.36. The molecule has 0 saturated carbocycles. The van der Waals surface area contributed by atoms with Crippen LogP contribution in [0.15, 0.2) is 90.5 Å². The summed E-state index contributed by atoms with van der Waals surface area (Å²) in [5, 5.41) is 15.7. The first-order valence-corrected chi connectivity index (χ1v) is 12.7. The summed E-state index contributed by atoms with van der Waals surface area (Å²) in [6.45, 7) is 1.09. The molecule has 7 heteroatoms. The molecular weight excluding hydrogens is 484 g/mol. The fourth-order valence-electron chi connectivity index (χ4n) is 4.08. The van der Waals surface area contributed by atoms with Gasteiger partial charge in [0.1, 0.15) is 11.5 Å². The molecule has 186 valence electrons. The number of nitrogens with zero attached hydrogens (tertiary/aromatic N) is 1. The molecule has 0 spiro atoms. The second-order valence-corrected chi connectivity index (χ2v) is 9.54. The zero-order chi connectivity index (χ0) is 25.6. The van der Waals surface area contributed by atoms with E-state index in [-0.39, 0.29) is 5.56 Å². The lowest BCUT2D eigenvalue weighted by molar-refractivity contribution is 0.0697. The number of rotatable bonds is 10. The minimum atomic E-state index is -0.937. The van der Waals surface area contributed by atoms with E-state index in [2.05, 4.69) is 34.6 Å². The van der Waals surface area contributed by atoms with Crippen LogP contribution in [0.3, 0.4) is 0 Å². The first-order valence-electron chi connectivity index (χ1n) is 11.9. The SMILES string of the molecule is COc1ccc2nc(NCC(=Cc3ccc(C(=O)O)cc3)CCOc3cccc4ccccc34)sc2c1. The number of methoxy groups -OCH3 is 1. The Morgan fingerprint density at radius 1 is 1.03 bits per heavy atom. The number of anilines is 1. The summed E-state index contributed by atoms with van der Waals surface area (Å²) in [7, 11) is 1.65.